The summed E-state index contributed by atoms with van der Waals surface area (Å²) in [4.78, 5) is 46.2. The lowest BCUT2D eigenvalue weighted by Gasteiger charge is -2.10. The molecule has 0 atom stereocenters. The molecule has 2 aromatic heterocycles. The van der Waals surface area contributed by atoms with E-state index in [4.69, 9.17) is 4.65 Å². The van der Waals surface area contributed by atoms with Crippen molar-refractivity contribution in [3.05, 3.63) is 123 Å². The highest BCUT2D eigenvalue weighted by molar-refractivity contribution is 6.36. The maximum Gasteiger partial charge on any atom is 0.796 e. The number of hydrogen-bond acceptors (Lipinski definition) is 4. The SMILES string of the molecule is CCc1c(C(=O)/C=C(/OB(F)F)c2[nH]c(C(=O)NCc3ccccc3)c(CC)c2CC)[nH]c(C(=O)NCc2ccccc2)c1CC. The van der Waals surface area contributed by atoms with Crippen LogP contribution >= 0.6 is 0 Å². The summed E-state index contributed by atoms with van der Waals surface area (Å²) < 4.78 is 32.5. The van der Waals surface area contributed by atoms with Crippen molar-refractivity contribution in [3.63, 3.8) is 0 Å². The smallest absolute Gasteiger partial charge is 0.503 e. The van der Waals surface area contributed by atoms with Crippen LogP contribution in [0.3, 0.4) is 0 Å². The Morgan fingerprint density at radius 1 is 0.652 bits per heavy atom. The Balaban J connectivity index is 1.69. The molecule has 11 heteroatoms. The van der Waals surface area contributed by atoms with Gasteiger partial charge in [0.05, 0.1) is 11.4 Å². The molecule has 0 aliphatic rings. The standard InChI is InChI=1S/C35H39BF2N4O4/c1-5-24-26(7-3)32(34(44)39-20-22-15-11-9-12-16-22)41-30(24)28(43)19-29(46-36(37)38)31-25(6-2)27(8-4)33(42-31)35(45)40-21-23-17-13-10-14-18-23/h9-19,41-42H,5-8,20-21H2,1-4H3,(H,39,44)(H,40,45)/b29-19+. The Morgan fingerprint density at radius 3 is 1.46 bits per heavy atom. The minimum Gasteiger partial charge on any atom is -0.503 e. The molecule has 8 nitrogen and oxygen atoms in total. The molecule has 0 bridgehead atoms. The number of aromatic amines is 2. The van der Waals surface area contributed by atoms with Crippen LogP contribution in [0, 0.1) is 0 Å². The highest BCUT2D eigenvalue weighted by Crippen LogP contribution is 2.30. The van der Waals surface area contributed by atoms with Gasteiger partial charge in [0.15, 0.2) is 0 Å². The van der Waals surface area contributed by atoms with Gasteiger partial charge in [0.2, 0.25) is 5.78 Å². The van der Waals surface area contributed by atoms with Crippen molar-refractivity contribution < 1.29 is 27.7 Å². The minimum absolute atomic E-state index is 0.126. The Labute approximate surface area is 268 Å². The number of benzene rings is 2. The molecule has 4 aromatic rings. The second-order valence-electron chi connectivity index (χ2n) is 10.7. The molecule has 0 radical (unpaired) electrons. The maximum absolute atomic E-state index is 13.8. The fraction of sp³-hybridized carbons (Fsp3) is 0.286. The second-order valence-corrected chi connectivity index (χ2v) is 10.7. The number of aromatic nitrogens is 2. The Kier molecular flexibility index (Phi) is 11.7. The molecule has 4 N–H and O–H groups in total. The fourth-order valence-electron chi connectivity index (χ4n) is 5.71. The maximum atomic E-state index is 13.8. The van der Waals surface area contributed by atoms with Crippen LogP contribution in [0.15, 0.2) is 66.7 Å². The van der Waals surface area contributed by atoms with E-state index in [1.165, 1.54) is 0 Å². The average molecular weight is 629 g/mol. The normalized spacial score (nSPS) is 11.3. The number of halogens is 2. The van der Waals surface area contributed by atoms with Crippen molar-refractivity contribution >= 4 is 30.8 Å². The van der Waals surface area contributed by atoms with E-state index in [2.05, 4.69) is 20.6 Å². The average Bonchev–Trinajstić information content (AvgIpc) is 3.65. The van der Waals surface area contributed by atoms with Gasteiger partial charge in [0.25, 0.3) is 11.8 Å². The molecule has 2 aromatic carbocycles. The molecule has 2 amide bonds. The van der Waals surface area contributed by atoms with Crippen LogP contribution in [0.4, 0.5) is 8.63 Å². The van der Waals surface area contributed by atoms with Crippen molar-refractivity contribution in [1.82, 2.24) is 20.6 Å². The quantitative estimate of drug-likeness (QED) is 0.0513. The lowest BCUT2D eigenvalue weighted by molar-refractivity contribution is 0.0937. The van der Waals surface area contributed by atoms with Crippen molar-refractivity contribution in [2.45, 2.75) is 66.5 Å². The van der Waals surface area contributed by atoms with Crippen molar-refractivity contribution in [2.24, 2.45) is 0 Å². The molecule has 0 unspecified atom stereocenters. The van der Waals surface area contributed by atoms with Crippen LogP contribution in [0.25, 0.3) is 5.76 Å². The number of nitrogens with one attached hydrogen (secondary N) is 4. The first-order valence-electron chi connectivity index (χ1n) is 15.5. The molecule has 0 aliphatic carbocycles. The molecule has 0 spiro atoms. The van der Waals surface area contributed by atoms with Gasteiger partial charge in [-0.15, -0.1) is 0 Å². The van der Waals surface area contributed by atoms with Crippen LogP contribution < -0.4 is 10.6 Å². The molecule has 0 saturated carbocycles. The van der Waals surface area contributed by atoms with Gasteiger partial charge >= 0.3 is 7.47 Å². The molecule has 4 rings (SSSR count). The first kappa shape index (κ1) is 34.0. The number of hydrogen-bond donors (Lipinski definition) is 4. The van der Waals surface area contributed by atoms with Crippen LogP contribution in [0.5, 0.6) is 0 Å². The second kappa shape index (κ2) is 15.9. The van der Waals surface area contributed by atoms with E-state index >= 15 is 0 Å². The third-order valence-corrected chi connectivity index (χ3v) is 7.87. The number of H-pyrrole nitrogens is 2. The fourth-order valence-corrected chi connectivity index (χ4v) is 5.71. The lowest BCUT2D eigenvalue weighted by atomic mass is 10.00. The Morgan fingerprint density at radius 2 is 1.04 bits per heavy atom. The summed E-state index contributed by atoms with van der Waals surface area (Å²) in [6, 6.07) is 18.8. The van der Waals surface area contributed by atoms with Crippen LogP contribution in [0.2, 0.25) is 0 Å². The molecular formula is C35H39BF2N4O4. The van der Waals surface area contributed by atoms with Crippen molar-refractivity contribution in [3.8, 4) is 0 Å². The van der Waals surface area contributed by atoms with E-state index in [1.54, 1.807) is 0 Å². The van der Waals surface area contributed by atoms with Gasteiger partial charge < -0.3 is 25.3 Å². The van der Waals surface area contributed by atoms with E-state index in [-0.39, 0.29) is 35.2 Å². The molecular weight excluding hydrogens is 589 g/mol. The van der Waals surface area contributed by atoms with Gasteiger partial charge in [0, 0.05) is 19.2 Å². The number of rotatable bonds is 15. The van der Waals surface area contributed by atoms with Gasteiger partial charge in [-0.05, 0) is 59.1 Å². The third kappa shape index (κ3) is 7.83. The van der Waals surface area contributed by atoms with Crippen LogP contribution in [0.1, 0.15) is 98.2 Å². The van der Waals surface area contributed by atoms with E-state index in [1.807, 2.05) is 88.4 Å². The molecule has 0 aliphatic heterocycles. The molecule has 240 valence electrons. The van der Waals surface area contributed by atoms with E-state index in [9.17, 15) is 23.0 Å². The molecule has 2 heterocycles. The van der Waals surface area contributed by atoms with Crippen molar-refractivity contribution in [2.75, 3.05) is 0 Å². The van der Waals surface area contributed by atoms with Gasteiger partial charge in [-0.25, -0.2) is 8.63 Å². The summed E-state index contributed by atoms with van der Waals surface area (Å²) in [6.07, 6.45) is 2.75. The third-order valence-electron chi connectivity index (χ3n) is 7.87. The van der Waals surface area contributed by atoms with Crippen molar-refractivity contribution in [1.29, 1.82) is 0 Å². The topological polar surface area (TPSA) is 116 Å². The number of carbonyl (C=O) groups is 3. The van der Waals surface area contributed by atoms with Gasteiger partial charge in [-0.3, -0.25) is 14.4 Å². The van der Waals surface area contributed by atoms with Crippen LogP contribution in [-0.2, 0) is 43.4 Å². The number of carbonyl (C=O) groups excluding carboxylic acids is 3. The van der Waals surface area contributed by atoms with Gasteiger partial charge in [-0.2, -0.15) is 0 Å². The lowest BCUT2D eigenvalue weighted by Crippen LogP contribution is -2.24. The first-order chi connectivity index (χ1) is 22.2. The summed E-state index contributed by atoms with van der Waals surface area (Å²) in [5, 5.41) is 5.76. The number of allylic oxidation sites excluding steroid dienone is 1. The van der Waals surface area contributed by atoms with Crippen LogP contribution in [-0.4, -0.2) is 35.0 Å². The summed E-state index contributed by atoms with van der Waals surface area (Å²) in [6.45, 7) is 8.03. The zero-order valence-corrected chi connectivity index (χ0v) is 26.6. The highest BCUT2D eigenvalue weighted by atomic mass is 19.2. The van der Waals surface area contributed by atoms with Gasteiger partial charge in [0.1, 0.15) is 17.1 Å². The first-order valence-corrected chi connectivity index (χ1v) is 15.5. The molecule has 0 fully saturated rings. The number of ketones is 1. The highest BCUT2D eigenvalue weighted by Gasteiger charge is 2.29. The summed E-state index contributed by atoms with van der Waals surface area (Å²) in [5.74, 6) is -1.80. The largest absolute Gasteiger partial charge is 0.796 e. The Bertz CT molecular complexity index is 1700. The zero-order chi connectivity index (χ0) is 33.2. The molecule has 46 heavy (non-hydrogen) atoms. The summed E-state index contributed by atoms with van der Waals surface area (Å²) >= 11 is 0. The zero-order valence-electron chi connectivity index (χ0n) is 26.6. The summed E-state index contributed by atoms with van der Waals surface area (Å²) in [5.41, 5.74) is 5.12. The minimum atomic E-state index is -3.23. The monoisotopic (exact) mass is 628 g/mol. The summed E-state index contributed by atoms with van der Waals surface area (Å²) in [7, 11) is -3.23. The van der Waals surface area contributed by atoms with E-state index in [0.717, 1.165) is 17.2 Å². The molecule has 0 saturated heterocycles. The predicted molar refractivity (Wildman–Crippen MR) is 176 cm³/mol. The van der Waals surface area contributed by atoms with Gasteiger partial charge in [-0.1, -0.05) is 88.4 Å². The van der Waals surface area contributed by atoms with E-state index in [0.29, 0.717) is 54.5 Å². The number of amides is 2. The Hall–Kier alpha value is -4.93. The predicted octanol–water partition coefficient (Wildman–Crippen LogP) is 6.62. The van der Waals surface area contributed by atoms with E-state index < -0.39 is 24.9 Å².